The van der Waals surface area contributed by atoms with Crippen molar-refractivity contribution >= 4 is 10.3 Å². The predicted octanol–water partition coefficient (Wildman–Crippen LogP) is 1.47. The van der Waals surface area contributed by atoms with Crippen LogP contribution in [0.15, 0.2) is 12.0 Å². The highest BCUT2D eigenvalue weighted by atomic mass is 32.3. The molecule has 0 saturated heterocycles. The Bertz CT molecular complexity index is 80.8. The molecule has 1 unspecified atom stereocenters. The van der Waals surface area contributed by atoms with Crippen molar-refractivity contribution in [3.05, 3.63) is 12.0 Å². The van der Waals surface area contributed by atoms with E-state index in [9.17, 15) is 0 Å². The second-order valence-corrected chi connectivity index (χ2v) is 4.86. The Hall–Kier alpha value is 0.01000. The van der Waals surface area contributed by atoms with Gasteiger partial charge in [-0.25, -0.2) is 0 Å². The summed E-state index contributed by atoms with van der Waals surface area (Å²) in [6, 6.07) is 0. The Balaban J connectivity index is 3.98. The van der Waals surface area contributed by atoms with Gasteiger partial charge in [-0.1, -0.05) is 23.8 Å². The van der Waals surface area contributed by atoms with Crippen LogP contribution in [0.4, 0.5) is 0 Å². The summed E-state index contributed by atoms with van der Waals surface area (Å²) in [6.07, 6.45) is 0. The molecular formula is C6H14O2S. The van der Waals surface area contributed by atoms with Crippen LogP contribution in [-0.2, 0) is 4.18 Å². The van der Waals surface area contributed by atoms with E-state index in [0.29, 0.717) is 0 Å². The molecule has 0 aliphatic heterocycles. The lowest BCUT2D eigenvalue weighted by atomic mass is 11.0. The molecule has 0 bridgehead atoms. The molecule has 0 aliphatic rings. The van der Waals surface area contributed by atoms with Crippen LogP contribution in [0.25, 0.3) is 0 Å². The molecule has 0 saturated carbocycles. The molecule has 1 atom stereocenters. The molecule has 3 heteroatoms. The third-order valence-corrected chi connectivity index (χ3v) is 4.03. The first kappa shape index (κ1) is 9.01. The topological polar surface area (TPSA) is 29.5 Å². The van der Waals surface area contributed by atoms with Crippen LogP contribution in [0.5, 0.6) is 0 Å². The molecule has 1 N–H and O–H groups in total. The van der Waals surface area contributed by atoms with Crippen LogP contribution in [0, 0.1) is 0 Å². The normalized spacial score (nSPS) is 20.3. The second-order valence-electron chi connectivity index (χ2n) is 1.62. The average molecular weight is 150 g/mol. The van der Waals surface area contributed by atoms with E-state index in [2.05, 4.69) is 6.58 Å². The molecule has 0 fully saturated rings. The van der Waals surface area contributed by atoms with Gasteiger partial charge in [0.2, 0.25) is 0 Å². The van der Waals surface area contributed by atoms with Crippen LogP contribution in [0.2, 0.25) is 0 Å². The summed E-state index contributed by atoms with van der Waals surface area (Å²) in [5.74, 6) is 0.924. The number of hydrogen-bond donors (Lipinski definition) is 1. The highest BCUT2D eigenvalue weighted by Crippen LogP contribution is 2.47. The Morgan fingerprint density at radius 2 is 2.33 bits per heavy atom. The van der Waals surface area contributed by atoms with Gasteiger partial charge in [0.25, 0.3) is 0 Å². The van der Waals surface area contributed by atoms with E-state index in [-0.39, 0.29) is 5.94 Å². The van der Waals surface area contributed by atoms with Crippen molar-refractivity contribution in [2.45, 2.75) is 6.92 Å². The van der Waals surface area contributed by atoms with Crippen LogP contribution in [-0.4, -0.2) is 23.9 Å². The van der Waals surface area contributed by atoms with Gasteiger partial charge < -0.3 is 9.29 Å². The molecule has 2 nitrogen and oxygen atoms in total. The maximum Gasteiger partial charge on any atom is 0.0973 e. The third kappa shape index (κ3) is 2.01. The first-order valence-electron chi connectivity index (χ1n) is 2.82. The summed E-state index contributed by atoms with van der Waals surface area (Å²) in [7, 11) is 0.279. The van der Waals surface area contributed by atoms with Crippen molar-refractivity contribution in [1.82, 2.24) is 0 Å². The first-order valence-corrected chi connectivity index (χ1v) is 4.78. The van der Waals surface area contributed by atoms with E-state index in [1.807, 2.05) is 6.92 Å². The van der Waals surface area contributed by atoms with E-state index < -0.39 is 10.3 Å². The van der Waals surface area contributed by atoms with Crippen molar-refractivity contribution in [2.75, 3.05) is 18.8 Å². The fourth-order valence-electron chi connectivity index (χ4n) is 0.500. The zero-order valence-corrected chi connectivity index (χ0v) is 6.78. The molecule has 0 spiro atoms. The summed E-state index contributed by atoms with van der Waals surface area (Å²) in [4.78, 5) is 0. The quantitative estimate of drug-likeness (QED) is 0.657. The summed E-state index contributed by atoms with van der Waals surface area (Å²) < 4.78 is 5.10. The van der Waals surface area contributed by atoms with Crippen molar-refractivity contribution in [1.29, 1.82) is 0 Å². The number of hydrogen-bond acceptors (Lipinski definition) is 2. The minimum absolute atomic E-state index is 0.0868. The molecule has 56 valence electrons. The molecule has 0 rings (SSSR count). The Morgan fingerprint density at radius 3 is 2.33 bits per heavy atom. The van der Waals surface area contributed by atoms with Crippen LogP contribution < -0.4 is 0 Å². The van der Waals surface area contributed by atoms with E-state index in [0.717, 1.165) is 5.75 Å². The zero-order chi connectivity index (χ0) is 7.33. The molecule has 0 aliphatic carbocycles. The summed E-state index contributed by atoms with van der Waals surface area (Å²) >= 11 is 0. The van der Waals surface area contributed by atoms with Gasteiger partial charge in [-0.3, -0.25) is 0 Å². The van der Waals surface area contributed by atoms with Gasteiger partial charge in [-0.2, -0.15) is 0 Å². The van der Waals surface area contributed by atoms with Crippen molar-refractivity contribution in [3.8, 4) is 0 Å². The standard InChI is InChI=1S/C6H14O2S/c1-4-9(5-2,6-7)8-3/h4,7H,1,5-6H2,2-3H3. The van der Waals surface area contributed by atoms with E-state index in [1.165, 1.54) is 0 Å². The molecule has 0 aromatic rings. The van der Waals surface area contributed by atoms with Crippen molar-refractivity contribution in [2.24, 2.45) is 0 Å². The van der Waals surface area contributed by atoms with Gasteiger partial charge in [0, 0.05) is 12.9 Å². The average Bonchev–Trinajstić information content (AvgIpc) is 1.95. The van der Waals surface area contributed by atoms with E-state index in [4.69, 9.17) is 9.29 Å². The van der Waals surface area contributed by atoms with Crippen molar-refractivity contribution < 1.29 is 9.29 Å². The lowest BCUT2D eigenvalue weighted by Gasteiger charge is -2.30. The SMILES string of the molecule is C=CS(CC)(CO)OC. The van der Waals surface area contributed by atoms with Crippen molar-refractivity contribution in [3.63, 3.8) is 0 Å². The Morgan fingerprint density at radius 1 is 1.78 bits per heavy atom. The second kappa shape index (κ2) is 3.93. The van der Waals surface area contributed by atoms with Crippen LogP contribution in [0.1, 0.15) is 6.92 Å². The van der Waals surface area contributed by atoms with Gasteiger partial charge in [0.05, 0.1) is 5.94 Å². The molecule has 0 radical (unpaired) electrons. The van der Waals surface area contributed by atoms with Crippen LogP contribution in [0.3, 0.4) is 0 Å². The van der Waals surface area contributed by atoms with Gasteiger partial charge in [-0.15, -0.1) is 0 Å². The molecule has 0 aromatic carbocycles. The number of rotatable bonds is 4. The Labute approximate surface area is 58.1 Å². The predicted molar refractivity (Wildman–Crippen MR) is 42.4 cm³/mol. The largest absolute Gasteiger partial charge is 0.385 e. The highest BCUT2D eigenvalue weighted by molar-refractivity contribution is 8.32. The Kier molecular flexibility index (Phi) is 3.93. The van der Waals surface area contributed by atoms with Gasteiger partial charge in [0.15, 0.2) is 0 Å². The molecule has 9 heavy (non-hydrogen) atoms. The summed E-state index contributed by atoms with van der Waals surface area (Å²) in [5.41, 5.74) is 0. The van der Waals surface area contributed by atoms with Gasteiger partial charge in [0.1, 0.15) is 0 Å². The summed E-state index contributed by atoms with van der Waals surface area (Å²) in [6.45, 7) is 5.58. The number of aliphatic hydroxyl groups excluding tert-OH is 1. The third-order valence-electron chi connectivity index (χ3n) is 1.34. The number of aliphatic hydroxyl groups is 1. The minimum atomic E-state index is -1.33. The fraction of sp³-hybridized carbons (Fsp3) is 0.667. The zero-order valence-electron chi connectivity index (χ0n) is 5.96. The molecule has 0 amide bonds. The highest BCUT2D eigenvalue weighted by Gasteiger charge is 2.14. The van der Waals surface area contributed by atoms with E-state index >= 15 is 0 Å². The lowest BCUT2D eigenvalue weighted by Crippen LogP contribution is -2.05. The monoisotopic (exact) mass is 150 g/mol. The molecule has 0 aromatic heterocycles. The minimum Gasteiger partial charge on any atom is -0.385 e. The maximum absolute atomic E-state index is 8.82. The first-order chi connectivity index (χ1) is 4.24. The maximum atomic E-state index is 8.82. The fourth-order valence-corrected chi connectivity index (χ4v) is 1.50. The lowest BCUT2D eigenvalue weighted by molar-refractivity contribution is 0.348. The smallest absolute Gasteiger partial charge is 0.0973 e. The van der Waals surface area contributed by atoms with Gasteiger partial charge in [-0.05, 0) is 5.41 Å². The molecular weight excluding hydrogens is 136 g/mol. The summed E-state index contributed by atoms with van der Waals surface area (Å²) in [5, 5.41) is 10.5. The van der Waals surface area contributed by atoms with E-state index in [1.54, 1.807) is 12.5 Å². The molecule has 0 heterocycles. The van der Waals surface area contributed by atoms with Crippen LogP contribution >= 0.6 is 10.3 Å². The van der Waals surface area contributed by atoms with Gasteiger partial charge >= 0.3 is 0 Å².